The fourth-order valence-electron chi connectivity index (χ4n) is 2.33. The Morgan fingerprint density at radius 3 is 2.56 bits per heavy atom. The third-order valence-corrected chi connectivity index (χ3v) is 4.11. The Kier molecular flexibility index (Phi) is 3.88. The lowest BCUT2D eigenvalue weighted by atomic mass is 9.98. The fourth-order valence-corrected chi connectivity index (χ4v) is 2.78. The van der Waals surface area contributed by atoms with Crippen LogP contribution in [0.2, 0.25) is 0 Å². The summed E-state index contributed by atoms with van der Waals surface area (Å²) in [6.07, 6.45) is 0.814. The predicted octanol–water partition coefficient (Wildman–Crippen LogP) is 3.04. The summed E-state index contributed by atoms with van der Waals surface area (Å²) >= 11 is 3.56. The minimum absolute atomic E-state index is 0.0163. The molecule has 1 unspecified atom stereocenters. The summed E-state index contributed by atoms with van der Waals surface area (Å²) < 4.78 is 3.00. The van der Waals surface area contributed by atoms with E-state index in [2.05, 4.69) is 34.0 Å². The van der Waals surface area contributed by atoms with Crippen LogP contribution in [0.25, 0.3) is 0 Å². The highest BCUT2D eigenvalue weighted by molar-refractivity contribution is 9.10. The predicted molar refractivity (Wildman–Crippen MR) is 77.5 cm³/mol. The maximum absolute atomic E-state index is 6.34. The Morgan fingerprint density at radius 1 is 1.33 bits per heavy atom. The van der Waals surface area contributed by atoms with Crippen molar-refractivity contribution < 1.29 is 0 Å². The standard InChI is InChI=1S/C14H18BrN3/c1-9-14(10(2)18(3)17-9)13(16)8-11-6-4-5-7-12(11)15/h4-7,13H,8,16H2,1-3H3. The summed E-state index contributed by atoms with van der Waals surface area (Å²) in [5, 5.41) is 4.42. The number of rotatable bonds is 3. The monoisotopic (exact) mass is 307 g/mol. The second kappa shape index (κ2) is 5.24. The number of nitrogens with zero attached hydrogens (tertiary/aromatic N) is 2. The van der Waals surface area contributed by atoms with Gasteiger partial charge < -0.3 is 5.73 Å². The molecule has 0 saturated heterocycles. The molecule has 1 atom stereocenters. The molecule has 1 aromatic heterocycles. The fraction of sp³-hybridized carbons (Fsp3) is 0.357. The molecular formula is C14H18BrN3. The molecule has 4 heteroatoms. The van der Waals surface area contributed by atoms with Gasteiger partial charge in [-0.15, -0.1) is 0 Å². The molecule has 18 heavy (non-hydrogen) atoms. The van der Waals surface area contributed by atoms with E-state index in [1.165, 1.54) is 5.56 Å². The highest BCUT2D eigenvalue weighted by Crippen LogP contribution is 2.25. The van der Waals surface area contributed by atoms with Crippen LogP contribution in [-0.4, -0.2) is 9.78 Å². The zero-order chi connectivity index (χ0) is 13.3. The maximum Gasteiger partial charge on any atom is 0.0644 e. The van der Waals surface area contributed by atoms with Crippen LogP contribution in [0.3, 0.4) is 0 Å². The zero-order valence-corrected chi connectivity index (χ0v) is 12.5. The van der Waals surface area contributed by atoms with Crippen LogP contribution in [-0.2, 0) is 13.5 Å². The average Bonchev–Trinajstić information content (AvgIpc) is 2.56. The largest absolute Gasteiger partial charge is 0.324 e. The molecule has 0 bridgehead atoms. The van der Waals surface area contributed by atoms with E-state index in [4.69, 9.17) is 5.73 Å². The molecule has 1 aromatic carbocycles. The van der Waals surface area contributed by atoms with Crippen LogP contribution in [0.15, 0.2) is 28.7 Å². The van der Waals surface area contributed by atoms with Crippen LogP contribution < -0.4 is 5.73 Å². The van der Waals surface area contributed by atoms with E-state index >= 15 is 0 Å². The van der Waals surface area contributed by atoms with E-state index in [9.17, 15) is 0 Å². The number of aryl methyl sites for hydroxylation is 2. The number of halogens is 1. The molecule has 1 heterocycles. The molecule has 0 saturated carbocycles. The number of hydrogen-bond acceptors (Lipinski definition) is 2. The smallest absolute Gasteiger partial charge is 0.0644 e. The summed E-state index contributed by atoms with van der Waals surface area (Å²) in [6, 6.07) is 8.18. The van der Waals surface area contributed by atoms with Crippen molar-refractivity contribution in [3.63, 3.8) is 0 Å². The summed E-state index contributed by atoms with van der Waals surface area (Å²) in [4.78, 5) is 0. The molecule has 2 aromatic rings. The lowest BCUT2D eigenvalue weighted by molar-refractivity contribution is 0.699. The number of hydrogen-bond donors (Lipinski definition) is 1. The van der Waals surface area contributed by atoms with Crippen molar-refractivity contribution in [1.82, 2.24) is 9.78 Å². The van der Waals surface area contributed by atoms with Crippen molar-refractivity contribution in [2.24, 2.45) is 12.8 Å². The first-order valence-corrected chi connectivity index (χ1v) is 6.79. The van der Waals surface area contributed by atoms with E-state index < -0.39 is 0 Å². The van der Waals surface area contributed by atoms with Gasteiger partial charge in [0.15, 0.2) is 0 Å². The Hall–Kier alpha value is -1.13. The van der Waals surface area contributed by atoms with E-state index in [1.54, 1.807) is 0 Å². The third-order valence-electron chi connectivity index (χ3n) is 3.33. The van der Waals surface area contributed by atoms with Gasteiger partial charge in [0.1, 0.15) is 0 Å². The van der Waals surface area contributed by atoms with Gasteiger partial charge in [0, 0.05) is 28.8 Å². The first kappa shape index (κ1) is 13.3. The minimum Gasteiger partial charge on any atom is -0.324 e. The van der Waals surface area contributed by atoms with Crippen molar-refractivity contribution in [3.05, 3.63) is 51.3 Å². The first-order valence-electron chi connectivity index (χ1n) is 5.99. The Morgan fingerprint density at radius 2 is 2.00 bits per heavy atom. The summed E-state index contributed by atoms with van der Waals surface area (Å²) in [5.74, 6) is 0. The lowest BCUT2D eigenvalue weighted by Crippen LogP contribution is -2.15. The van der Waals surface area contributed by atoms with Crippen molar-refractivity contribution in [3.8, 4) is 0 Å². The van der Waals surface area contributed by atoms with Gasteiger partial charge in [-0.05, 0) is 31.9 Å². The normalized spacial score (nSPS) is 12.7. The van der Waals surface area contributed by atoms with Gasteiger partial charge in [-0.1, -0.05) is 34.1 Å². The molecule has 0 amide bonds. The topological polar surface area (TPSA) is 43.8 Å². The Bertz CT molecular complexity index is 560. The second-order valence-electron chi connectivity index (χ2n) is 4.61. The third kappa shape index (κ3) is 2.49. The number of nitrogens with two attached hydrogens (primary N) is 1. The summed E-state index contributed by atoms with van der Waals surface area (Å²) in [5.41, 5.74) is 10.9. The van der Waals surface area contributed by atoms with Gasteiger partial charge in [0.05, 0.1) is 5.69 Å². The molecule has 2 N–H and O–H groups in total. The first-order chi connectivity index (χ1) is 8.50. The minimum atomic E-state index is -0.0163. The van der Waals surface area contributed by atoms with E-state index in [0.29, 0.717) is 0 Å². The van der Waals surface area contributed by atoms with Crippen molar-refractivity contribution in [2.45, 2.75) is 26.3 Å². The van der Waals surface area contributed by atoms with Gasteiger partial charge in [0.25, 0.3) is 0 Å². The van der Waals surface area contributed by atoms with E-state index in [-0.39, 0.29) is 6.04 Å². The Labute approximate surface area is 116 Å². The van der Waals surface area contributed by atoms with Gasteiger partial charge >= 0.3 is 0 Å². The zero-order valence-electron chi connectivity index (χ0n) is 10.9. The Balaban J connectivity index is 2.28. The van der Waals surface area contributed by atoms with Crippen LogP contribution in [0, 0.1) is 13.8 Å². The summed E-state index contributed by atoms with van der Waals surface area (Å²) in [7, 11) is 1.96. The van der Waals surface area contributed by atoms with Crippen LogP contribution in [0.5, 0.6) is 0 Å². The van der Waals surface area contributed by atoms with Gasteiger partial charge in [-0.2, -0.15) is 5.10 Å². The van der Waals surface area contributed by atoms with E-state index in [0.717, 1.165) is 27.8 Å². The molecular weight excluding hydrogens is 290 g/mol. The molecule has 96 valence electrons. The molecule has 3 nitrogen and oxygen atoms in total. The van der Waals surface area contributed by atoms with Gasteiger partial charge in [0.2, 0.25) is 0 Å². The highest BCUT2D eigenvalue weighted by atomic mass is 79.9. The van der Waals surface area contributed by atoms with Crippen molar-refractivity contribution >= 4 is 15.9 Å². The maximum atomic E-state index is 6.34. The number of aromatic nitrogens is 2. The molecule has 2 rings (SSSR count). The van der Waals surface area contributed by atoms with Gasteiger partial charge in [-0.25, -0.2) is 0 Å². The lowest BCUT2D eigenvalue weighted by Gasteiger charge is -2.13. The molecule has 0 aliphatic rings. The SMILES string of the molecule is Cc1nn(C)c(C)c1C(N)Cc1ccccc1Br. The quantitative estimate of drug-likeness (QED) is 0.947. The van der Waals surface area contributed by atoms with E-state index in [1.807, 2.05) is 36.9 Å². The molecule has 0 aliphatic carbocycles. The second-order valence-corrected chi connectivity index (χ2v) is 5.46. The highest BCUT2D eigenvalue weighted by Gasteiger charge is 2.17. The molecule has 0 aliphatic heterocycles. The van der Waals surface area contributed by atoms with Crippen LogP contribution in [0.1, 0.15) is 28.6 Å². The van der Waals surface area contributed by atoms with Crippen LogP contribution >= 0.6 is 15.9 Å². The molecule has 0 radical (unpaired) electrons. The summed E-state index contributed by atoms with van der Waals surface area (Å²) in [6.45, 7) is 4.08. The van der Waals surface area contributed by atoms with Crippen molar-refractivity contribution in [1.29, 1.82) is 0 Å². The average molecular weight is 308 g/mol. The van der Waals surface area contributed by atoms with Crippen LogP contribution in [0.4, 0.5) is 0 Å². The molecule has 0 fully saturated rings. The molecule has 0 spiro atoms. The van der Waals surface area contributed by atoms with Crippen molar-refractivity contribution in [2.75, 3.05) is 0 Å². The number of benzene rings is 1. The van der Waals surface area contributed by atoms with Gasteiger partial charge in [-0.3, -0.25) is 4.68 Å².